The van der Waals surface area contributed by atoms with Crippen LogP contribution in [0.5, 0.6) is 5.88 Å². The smallest absolute Gasteiger partial charge is 0.231 e. The zero-order chi connectivity index (χ0) is 17.6. The molecule has 3 heterocycles. The van der Waals surface area contributed by atoms with Crippen molar-refractivity contribution in [3.8, 4) is 5.88 Å². The summed E-state index contributed by atoms with van der Waals surface area (Å²) in [7, 11) is 0. The van der Waals surface area contributed by atoms with Crippen LogP contribution in [0.2, 0.25) is 0 Å². The Morgan fingerprint density at radius 1 is 1.28 bits per heavy atom. The molecule has 1 aliphatic rings. The first-order chi connectivity index (χ1) is 12.3. The fraction of sp³-hybridized carbons (Fsp3) is 0.300. The molecule has 0 radical (unpaired) electrons. The SMILES string of the molecule is C=C/C(=C\C=C/C)Oc1ncnc2c1ccn2C1CCN(C=C)CC1. The molecule has 0 bridgehead atoms. The third-order valence-electron chi connectivity index (χ3n) is 4.49. The summed E-state index contributed by atoms with van der Waals surface area (Å²) in [6.45, 7) is 11.7. The molecule has 1 saturated heterocycles. The molecule has 0 atom stereocenters. The molecule has 1 aliphatic heterocycles. The van der Waals surface area contributed by atoms with E-state index >= 15 is 0 Å². The van der Waals surface area contributed by atoms with Crippen LogP contribution in [0.1, 0.15) is 25.8 Å². The van der Waals surface area contributed by atoms with Gasteiger partial charge in [0.25, 0.3) is 0 Å². The first kappa shape index (κ1) is 17.0. The van der Waals surface area contributed by atoms with Crippen molar-refractivity contribution < 1.29 is 4.74 Å². The van der Waals surface area contributed by atoms with Gasteiger partial charge in [-0.25, -0.2) is 9.97 Å². The topological polar surface area (TPSA) is 43.2 Å². The van der Waals surface area contributed by atoms with E-state index < -0.39 is 0 Å². The lowest BCUT2D eigenvalue weighted by molar-refractivity contribution is 0.247. The summed E-state index contributed by atoms with van der Waals surface area (Å²) in [6.07, 6.45) is 15.1. The molecular weight excluding hydrogens is 312 g/mol. The number of aromatic nitrogens is 3. The van der Waals surface area contributed by atoms with Crippen LogP contribution >= 0.6 is 0 Å². The number of fused-ring (bicyclic) bond motifs is 1. The molecular formula is C20H24N4O. The minimum Gasteiger partial charge on any atom is -0.438 e. The quantitative estimate of drug-likeness (QED) is 0.585. The molecule has 0 N–H and O–H groups in total. The third-order valence-corrected chi connectivity index (χ3v) is 4.49. The van der Waals surface area contributed by atoms with Gasteiger partial charge in [0.2, 0.25) is 5.88 Å². The molecule has 25 heavy (non-hydrogen) atoms. The number of hydrogen-bond donors (Lipinski definition) is 0. The predicted octanol–water partition coefficient (Wildman–Crippen LogP) is 4.24. The first-order valence-electron chi connectivity index (χ1n) is 8.58. The van der Waals surface area contributed by atoms with Crippen LogP contribution in [-0.4, -0.2) is 32.5 Å². The van der Waals surface area contributed by atoms with E-state index in [0.29, 0.717) is 17.7 Å². The summed E-state index contributed by atoms with van der Waals surface area (Å²) in [5.74, 6) is 1.22. The molecule has 0 unspecified atom stereocenters. The van der Waals surface area contributed by atoms with Crippen molar-refractivity contribution >= 4 is 11.0 Å². The van der Waals surface area contributed by atoms with Crippen molar-refractivity contribution in [2.75, 3.05) is 13.1 Å². The minimum absolute atomic E-state index is 0.439. The Morgan fingerprint density at radius 3 is 2.76 bits per heavy atom. The van der Waals surface area contributed by atoms with Crippen LogP contribution < -0.4 is 4.74 Å². The second-order valence-electron chi connectivity index (χ2n) is 5.99. The summed E-state index contributed by atoms with van der Waals surface area (Å²) < 4.78 is 8.16. The Morgan fingerprint density at radius 2 is 2.08 bits per heavy atom. The van der Waals surface area contributed by atoms with Gasteiger partial charge in [-0.2, -0.15) is 0 Å². The monoisotopic (exact) mass is 336 g/mol. The number of rotatable bonds is 6. The van der Waals surface area contributed by atoms with Crippen molar-refractivity contribution in [1.29, 1.82) is 0 Å². The number of allylic oxidation sites excluding steroid dienone is 4. The average molecular weight is 336 g/mol. The Labute approximate surface area is 148 Å². The van der Waals surface area contributed by atoms with Crippen LogP contribution in [0.3, 0.4) is 0 Å². The Kier molecular flexibility index (Phi) is 5.33. The second kappa shape index (κ2) is 7.83. The van der Waals surface area contributed by atoms with Crippen molar-refractivity contribution in [2.24, 2.45) is 0 Å². The second-order valence-corrected chi connectivity index (χ2v) is 5.99. The van der Waals surface area contributed by atoms with Crippen LogP contribution in [0, 0.1) is 0 Å². The van der Waals surface area contributed by atoms with E-state index in [1.165, 1.54) is 0 Å². The van der Waals surface area contributed by atoms with E-state index in [0.717, 1.165) is 37.0 Å². The Bertz CT molecular complexity index is 810. The molecule has 0 aromatic carbocycles. The molecule has 0 amide bonds. The lowest BCUT2D eigenvalue weighted by atomic mass is 10.1. The normalized spacial score (nSPS) is 16.5. The average Bonchev–Trinajstić information content (AvgIpc) is 3.10. The van der Waals surface area contributed by atoms with Crippen molar-refractivity contribution in [1.82, 2.24) is 19.4 Å². The van der Waals surface area contributed by atoms with Gasteiger partial charge in [-0.1, -0.05) is 25.3 Å². The van der Waals surface area contributed by atoms with E-state index in [1.807, 2.05) is 37.4 Å². The van der Waals surface area contributed by atoms with Gasteiger partial charge in [-0.3, -0.25) is 0 Å². The van der Waals surface area contributed by atoms with Crippen molar-refractivity contribution in [3.05, 3.63) is 68.0 Å². The van der Waals surface area contributed by atoms with E-state index in [1.54, 1.807) is 12.4 Å². The van der Waals surface area contributed by atoms with Gasteiger partial charge in [-0.05, 0) is 44.2 Å². The van der Waals surface area contributed by atoms with E-state index in [2.05, 4.69) is 38.8 Å². The molecule has 2 aromatic rings. The summed E-state index contributed by atoms with van der Waals surface area (Å²) in [5.41, 5.74) is 0.913. The van der Waals surface area contributed by atoms with Crippen molar-refractivity contribution in [3.63, 3.8) is 0 Å². The number of nitrogens with zero attached hydrogens (tertiary/aromatic N) is 4. The zero-order valence-corrected chi connectivity index (χ0v) is 14.6. The minimum atomic E-state index is 0.439. The van der Waals surface area contributed by atoms with Crippen molar-refractivity contribution in [2.45, 2.75) is 25.8 Å². The molecule has 5 heteroatoms. The maximum absolute atomic E-state index is 5.92. The first-order valence-corrected chi connectivity index (χ1v) is 8.58. The maximum Gasteiger partial charge on any atom is 0.231 e. The van der Waals surface area contributed by atoms with Gasteiger partial charge in [-0.15, -0.1) is 0 Å². The van der Waals surface area contributed by atoms with E-state index in [-0.39, 0.29) is 0 Å². The maximum atomic E-state index is 5.92. The number of hydrogen-bond acceptors (Lipinski definition) is 4. The fourth-order valence-corrected chi connectivity index (χ4v) is 3.12. The van der Waals surface area contributed by atoms with Gasteiger partial charge >= 0.3 is 0 Å². The number of likely N-dealkylation sites (tertiary alicyclic amines) is 1. The molecule has 0 spiro atoms. The number of piperidine rings is 1. The molecule has 3 rings (SSSR count). The molecule has 0 aliphatic carbocycles. The van der Waals surface area contributed by atoms with Crippen LogP contribution in [-0.2, 0) is 0 Å². The highest BCUT2D eigenvalue weighted by Crippen LogP contribution is 2.30. The van der Waals surface area contributed by atoms with Gasteiger partial charge in [0.1, 0.15) is 17.7 Å². The summed E-state index contributed by atoms with van der Waals surface area (Å²) in [5, 5.41) is 0.918. The van der Waals surface area contributed by atoms with Crippen LogP contribution in [0.25, 0.3) is 11.0 Å². The highest BCUT2D eigenvalue weighted by molar-refractivity contribution is 5.81. The van der Waals surface area contributed by atoms with Gasteiger partial charge in [0.05, 0.1) is 5.39 Å². The standard InChI is InChI=1S/C20H24N4O/c1-4-7-8-17(5-2)25-20-18-11-14-24(19(18)21-15-22-20)16-9-12-23(6-3)13-10-16/h4-8,11,14-16H,2-3,9-10,12-13H2,1H3/b7-4-,17-8+. The molecule has 130 valence electrons. The lowest BCUT2D eigenvalue weighted by Crippen LogP contribution is -2.30. The predicted molar refractivity (Wildman–Crippen MR) is 101 cm³/mol. The van der Waals surface area contributed by atoms with Gasteiger partial charge < -0.3 is 14.2 Å². The van der Waals surface area contributed by atoms with Gasteiger partial charge in [0.15, 0.2) is 0 Å². The zero-order valence-electron chi connectivity index (χ0n) is 14.6. The Balaban J connectivity index is 1.87. The van der Waals surface area contributed by atoms with Gasteiger partial charge in [0, 0.05) is 25.3 Å². The van der Waals surface area contributed by atoms with Crippen LogP contribution in [0.4, 0.5) is 0 Å². The Hall–Kier alpha value is -2.82. The third kappa shape index (κ3) is 3.65. The molecule has 1 fully saturated rings. The summed E-state index contributed by atoms with van der Waals surface area (Å²) >= 11 is 0. The summed E-state index contributed by atoms with van der Waals surface area (Å²) in [6, 6.07) is 2.47. The lowest BCUT2D eigenvalue weighted by Gasteiger charge is -2.31. The highest BCUT2D eigenvalue weighted by atomic mass is 16.5. The van der Waals surface area contributed by atoms with Crippen LogP contribution in [0.15, 0.2) is 68.0 Å². The fourth-order valence-electron chi connectivity index (χ4n) is 3.12. The highest BCUT2D eigenvalue weighted by Gasteiger charge is 2.21. The molecule has 5 nitrogen and oxygen atoms in total. The van der Waals surface area contributed by atoms with E-state index in [4.69, 9.17) is 4.74 Å². The molecule has 2 aromatic heterocycles. The number of ether oxygens (including phenoxy) is 1. The largest absolute Gasteiger partial charge is 0.438 e. The van der Waals surface area contributed by atoms with E-state index in [9.17, 15) is 0 Å². The summed E-state index contributed by atoms with van der Waals surface area (Å²) in [4.78, 5) is 11.1. The molecule has 0 saturated carbocycles.